The van der Waals surface area contributed by atoms with Gasteiger partial charge in [-0.1, -0.05) is 6.07 Å². The second-order valence-electron chi connectivity index (χ2n) is 7.45. The first kappa shape index (κ1) is 17.7. The van der Waals surface area contributed by atoms with Gasteiger partial charge in [0.25, 0.3) is 0 Å². The summed E-state index contributed by atoms with van der Waals surface area (Å²) in [6.45, 7) is 4.90. The number of anilines is 1. The molecule has 1 saturated heterocycles. The highest BCUT2D eigenvalue weighted by Gasteiger charge is 2.17. The van der Waals surface area contributed by atoms with Gasteiger partial charge >= 0.3 is 0 Å². The van der Waals surface area contributed by atoms with E-state index < -0.39 is 0 Å². The van der Waals surface area contributed by atoms with E-state index in [0.29, 0.717) is 18.4 Å². The largest absolute Gasteiger partial charge is 0.477 e. The Labute approximate surface area is 160 Å². The lowest BCUT2D eigenvalue weighted by atomic mass is 10.1. The van der Waals surface area contributed by atoms with E-state index in [1.165, 1.54) is 11.3 Å². The number of aromatic nitrogens is 2. The van der Waals surface area contributed by atoms with E-state index in [9.17, 15) is 0 Å². The molecule has 0 aliphatic carbocycles. The number of pyridine rings is 2. The average Bonchev–Trinajstić information content (AvgIpc) is 3.19. The maximum absolute atomic E-state index is 6.16. The van der Waals surface area contributed by atoms with Gasteiger partial charge in [0.1, 0.15) is 0 Å². The predicted octanol–water partition coefficient (Wildman–Crippen LogP) is 3.66. The average molecular weight is 362 g/mol. The molecule has 140 valence electrons. The molecule has 5 heteroatoms. The molecule has 1 fully saturated rings. The van der Waals surface area contributed by atoms with Crippen LogP contribution in [-0.2, 0) is 0 Å². The van der Waals surface area contributed by atoms with Gasteiger partial charge in [0, 0.05) is 44.0 Å². The molecule has 0 bridgehead atoms. The molecule has 0 amide bonds. The Balaban J connectivity index is 1.71. The van der Waals surface area contributed by atoms with Gasteiger partial charge in [-0.25, -0.2) is 4.98 Å². The zero-order chi connectivity index (χ0) is 18.8. The lowest BCUT2D eigenvalue weighted by molar-refractivity contribution is 0.254. The minimum Gasteiger partial charge on any atom is -0.477 e. The normalized spacial score (nSPS) is 16.6. The lowest BCUT2D eigenvalue weighted by Crippen LogP contribution is -2.16. The van der Waals surface area contributed by atoms with Gasteiger partial charge < -0.3 is 15.0 Å². The van der Waals surface area contributed by atoms with E-state index in [4.69, 9.17) is 9.72 Å². The van der Waals surface area contributed by atoms with Crippen LogP contribution >= 0.6 is 0 Å². The number of hydrogen-bond acceptors (Lipinski definition) is 5. The topological polar surface area (TPSA) is 50.3 Å². The molecule has 1 aliphatic heterocycles. The van der Waals surface area contributed by atoms with Gasteiger partial charge in [-0.15, -0.1) is 0 Å². The van der Waals surface area contributed by atoms with Crippen molar-refractivity contribution >= 4 is 16.6 Å². The molecular formula is C22H26N4O. The Bertz CT molecular complexity index is 948. The Kier molecular flexibility index (Phi) is 4.94. The monoisotopic (exact) mass is 362 g/mol. The first-order chi connectivity index (χ1) is 13.1. The number of rotatable bonds is 5. The van der Waals surface area contributed by atoms with Gasteiger partial charge in [0.05, 0.1) is 23.2 Å². The molecule has 0 unspecified atom stereocenters. The van der Waals surface area contributed by atoms with Crippen LogP contribution in [0.1, 0.15) is 12.0 Å². The van der Waals surface area contributed by atoms with Crippen LogP contribution in [0, 0.1) is 12.8 Å². The van der Waals surface area contributed by atoms with Crippen molar-refractivity contribution in [3.63, 3.8) is 0 Å². The van der Waals surface area contributed by atoms with Crippen LogP contribution in [0.2, 0.25) is 0 Å². The molecule has 0 spiro atoms. The number of benzene rings is 1. The molecule has 5 nitrogen and oxygen atoms in total. The fourth-order valence-electron chi connectivity index (χ4n) is 3.67. The molecule has 3 heterocycles. The van der Waals surface area contributed by atoms with Crippen LogP contribution in [0.15, 0.2) is 42.6 Å². The van der Waals surface area contributed by atoms with Crippen molar-refractivity contribution in [2.45, 2.75) is 13.3 Å². The van der Waals surface area contributed by atoms with Gasteiger partial charge in [-0.3, -0.25) is 4.98 Å². The third-order valence-corrected chi connectivity index (χ3v) is 5.16. The summed E-state index contributed by atoms with van der Waals surface area (Å²) in [6, 6.07) is 12.4. The molecular weight excluding hydrogens is 336 g/mol. The molecule has 4 rings (SSSR count). The molecule has 2 aromatic heterocycles. The molecule has 1 atom stereocenters. The molecule has 3 aromatic rings. The van der Waals surface area contributed by atoms with E-state index in [0.717, 1.165) is 41.7 Å². The summed E-state index contributed by atoms with van der Waals surface area (Å²) in [5, 5.41) is 4.35. The van der Waals surface area contributed by atoms with E-state index in [1.807, 2.05) is 24.4 Å². The number of hydrogen-bond donors (Lipinski definition) is 1. The summed E-state index contributed by atoms with van der Waals surface area (Å²) in [6.07, 6.45) is 2.97. The smallest absolute Gasteiger partial charge is 0.223 e. The lowest BCUT2D eigenvalue weighted by Gasteiger charge is -2.17. The van der Waals surface area contributed by atoms with Gasteiger partial charge in [-0.2, -0.15) is 0 Å². The first-order valence-corrected chi connectivity index (χ1v) is 9.49. The Morgan fingerprint density at radius 1 is 1.22 bits per heavy atom. The highest BCUT2D eigenvalue weighted by atomic mass is 16.5. The highest BCUT2D eigenvalue weighted by Crippen LogP contribution is 2.31. The number of nitrogens with zero attached hydrogens (tertiary/aromatic N) is 3. The Morgan fingerprint density at radius 2 is 2.11 bits per heavy atom. The minimum atomic E-state index is 0.545. The molecule has 27 heavy (non-hydrogen) atoms. The molecule has 1 aromatic carbocycles. The standard InChI is InChI=1S/C22H26N4O/c1-15-11-17(6-7-21(15)26(2)3)19-12-20-18(5-4-9-24-20)22(25-19)27-14-16-8-10-23-13-16/h4-7,9,11-12,16,23H,8,10,13-14H2,1-3H3/t16-/m0/s1. The van der Waals surface area contributed by atoms with Crippen LogP contribution in [0.5, 0.6) is 5.88 Å². The summed E-state index contributed by atoms with van der Waals surface area (Å²) in [7, 11) is 4.12. The molecule has 1 N–H and O–H groups in total. The maximum Gasteiger partial charge on any atom is 0.223 e. The molecule has 0 radical (unpaired) electrons. The van der Waals surface area contributed by atoms with Crippen molar-refractivity contribution in [2.75, 3.05) is 38.7 Å². The van der Waals surface area contributed by atoms with Crippen molar-refractivity contribution in [1.29, 1.82) is 0 Å². The van der Waals surface area contributed by atoms with Crippen LogP contribution in [0.4, 0.5) is 5.69 Å². The van der Waals surface area contributed by atoms with Crippen molar-refractivity contribution in [2.24, 2.45) is 5.92 Å². The third kappa shape index (κ3) is 3.74. The first-order valence-electron chi connectivity index (χ1n) is 9.49. The van der Waals surface area contributed by atoms with E-state index >= 15 is 0 Å². The van der Waals surface area contributed by atoms with Crippen molar-refractivity contribution < 1.29 is 4.74 Å². The van der Waals surface area contributed by atoms with E-state index in [1.54, 1.807) is 0 Å². The van der Waals surface area contributed by atoms with Crippen LogP contribution in [-0.4, -0.2) is 43.8 Å². The minimum absolute atomic E-state index is 0.545. The SMILES string of the molecule is Cc1cc(-c2cc3ncccc3c(OC[C@H]3CCNC3)n2)ccc1N(C)C. The van der Waals surface area contributed by atoms with Crippen LogP contribution < -0.4 is 15.0 Å². The number of fused-ring (bicyclic) bond motifs is 1. The van der Waals surface area contributed by atoms with Crippen molar-refractivity contribution in [3.8, 4) is 17.1 Å². The summed E-state index contributed by atoms with van der Waals surface area (Å²) in [4.78, 5) is 11.5. The predicted molar refractivity (Wildman–Crippen MR) is 111 cm³/mol. The summed E-state index contributed by atoms with van der Waals surface area (Å²) in [5.41, 5.74) is 5.33. The number of ether oxygens (including phenoxy) is 1. The van der Waals surface area contributed by atoms with Crippen molar-refractivity contribution in [1.82, 2.24) is 15.3 Å². The van der Waals surface area contributed by atoms with E-state index in [2.05, 4.69) is 54.4 Å². The van der Waals surface area contributed by atoms with Gasteiger partial charge in [0.2, 0.25) is 5.88 Å². The second kappa shape index (κ2) is 7.53. The Morgan fingerprint density at radius 3 is 2.85 bits per heavy atom. The summed E-state index contributed by atoms with van der Waals surface area (Å²) < 4.78 is 6.16. The van der Waals surface area contributed by atoms with E-state index in [-0.39, 0.29) is 0 Å². The quantitative estimate of drug-likeness (QED) is 0.751. The highest BCUT2D eigenvalue weighted by molar-refractivity contribution is 5.87. The van der Waals surface area contributed by atoms with Crippen LogP contribution in [0.25, 0.3) is 22.2 Å². The number of aryl methyl sites for hydroxylation is 1. The zero-order valence-electron chi connectivity index (χ0n) is 16.2. The molecule has 1 aliphatic rings. The fraction of sp³-hybridized carbons (Fsp3) is 0.364. The van der Waals surface area contributed by atoms with Crippen molar-refractivity contribution in [3.05, 3.63) is 48.2 Å². The summed E-state index contributed by atoms with van der Waals surface area (Å²) in [5.74, 6) is 1.22. The molecule has 0 saturated carbocycles. The number of nitrogens with one attached hydrogen (secondary N) is 1. The zero-order valence-corrected chi connectivity index (χ0v) is 16.2. The maximum atomic E-state index is 6.16. The van der Waals surface area contributed by atoms with Crippen LogP contribution in [0.3, 0.4) is 0 Å². The van der Waals surface area contributed by atoms with Gasteiger partial charge in [0.15, 0.2) is 0 Å². The van der Waals surface area contributed by atoms with Gasteiger partial charge in [-0.05, 0) is 55.8 Å². The fourth-order valence-corrected chi connectivity index (χ4v) is 3.67. The Hall–Kier alpha value is -2.66. The second-order valence-corrected chi connectivity index (χ2v) is 7.45. The third-order valence-electron chi connectivity index (χ3n) is 5.16. The summed E-state index contributed by atoms with van der Waals surface area (Å²) >= 11 is 0.